The number of hydrogen-bond acceptors (Lipinski definition) is 2. The van der Waals surface area contributed by atoms with E-state index in [9.17, 15) is 4.79 Å². The Balaban J connectivity index is 1.98. The average Bonchev–Trinajstić information content (AvgIpc) is 2.35. The van der Waals surface area contributed by atoms with E-state index in [4.69, 9.17) is 28.9 Å². The second-order valence-corrected chi connectivity index (χ2v) is 5.61. The fourth-order valence-electron chi connectivity index (χ4n) is 2.29. The lowest BCUT2D eigenvalue weighted by Gasteiger charge is -2.23. The summed E-state index contributed by atoms with van der Waals surface area (Å²) in [5, 5.41) is 6.30. The summed E-state index contributed by atoms with van der Waals surface area (Å²) in [6, 6.07) is 3.08. The van der Waals surface area contributed by atoms with E-state index in [1.54, 1.807) is 12.1 Å². The first-order valence-corrected chi connectivity index (χ1v) is 7.14. The van der Waals surface area contributed by atoms with Crippen molar-refractivity contribution >= 4 is 40.6 Å². The number of anilines is 2. The number of halogens is 2. The number of nitrogens with two attached hydrogens (primary N) is 1. The normalized spacial score (nSPS) is 16.1. The minimum Gasteiger partial charge on any atom is -0.399 e. The van der Waals surface area contributed by atoms with Gasteiger partial charge in [0, 0.05) is 11.7 Å². The number of nitrogens with one attached hydrogen (secondary N) is 2. The lowest BCUT2D eigenvalue weighted by atomic mass is 9.96. The molecule has 0 radical (unpaired) electrons. The first-order valence-electron chi connectivity index (χ1n) is 6.38. The molecule has 1 saturated carbocycles. The summed E-state index contributed by atoms with van der Waals surface area (Å²) in [4.78, 5) is 11.9. The van der Waals surface area contributed by atoms with E-state index in [1.165, 1.54) is 6.42 Å². The molecule has 0 aromatic heterocycles. The molecule has 0 saturated heterocycles. The topological polar surface area (TPSA) is 67.1 Å². The molecule has 6 heteroatoms. The number of carbonyl (C=O) groups is 1. The number of rotatable bonds is 2. The van der Waals surface area contributed by atoms with Crippen LogP contribution >= 0.6 is 23.2 Å². The molecule has 2 amide bonds. The molecule has 0 atom stereocenters. The van der Waals surface area contributed by atoms with Crippen LogP contribution < -0.4 is 16.4 Å². The number of nitrogen functional groups attached to an aromatic ring is 1. The Morgan fingerprint density at radius 3 is 2.32 bits per heavy atom. The predicted octanol–water partition coefficient (Wildman–Crippen LogP) is 4.03. The quantitative estimate of drug-likeness (QED) is 0.722. The van der Waals surface area contributed by atoms with Gasteiger partial charge in [-0.1, -0.05) is 42.5 Å². The van der Waals surface area contributed by atoms with Crippen molar-refractivity contribution in [2.24, 2.45) is 0 Å². The molecule has 1 fully saturated rings. The van der Waals surface area contributed by atoms with Crippen LogP contribution in [0.25, 0.3) is 0 Å². The zero-order valence-corrected chi connectivity index (χ0v) is 12.0. The Labute approximate surface area is 122 Å². The molecule has 1 aromatic rings. The lowest BCUT2D eigenvalue weighted by molar-refractivity contribution is 0.244. The molecule has 104 valence electrons. The Kier molecular flexibility index (Phi) is 4.77. The molecule has 0 aliphatic heterocycles. The first kappa shape index (κ1) is 14.3. The number of carbonyl (C=O) groups excluding carboxylic acids is 1. The van der Waals surface area contributed by atoms with E-state index >= 15 is 0 Å². The van der Waals surface area contributed by atoms with Gasteiger partial charge in [-0.3, -0.25) is 0 Å². The molecule has 0 spiro atoms. The van der Waals surface area contributed by atoms with Crippen LogP contribution in [-0.4, -0.2) is 12.1 Å². The molecule has 1 aliphatic carbocycles. The smallest absolute Gasteiger partial charge is 0.319 e. The van der Waals surface area contributed by atoms with Gasteiger partial charge in [0.05, 0.1) is 15.7 Å². The third kappa shape index (κ3) is 3.91. The van der Waals surface area contributed by atoms with Gasteiger partial charge >= 0.3 is 6.03 Å². The van der Waals surface area contributed by atoms with Gasteiger partial charge < -0.3 is 16.4 Å². The third-order valence-electron chi connectivity index (χ3n) is 3.24. The molecular formula is C13H17Cl2N3O. The van der Waals surface area contributed by atoms with Crippen LogP contribution in [0, 0.1) is 0 Å². The fraction of sp³-hybridized carbons (Fsp3) is 0.462. The van der Waals surface area contributed by atoms with Gasteiger partial charge in [0.15, 0.2) is 0 Å². The maximum Gasteiger partial charge on any atom is 0.319 e. The zero-order chi connectivity index (χ0) is 13.8. The second-order valence-electron chi connectivity index (χ2n) is 4.79. The van der Waals surface area contributed by atoms with Crippen LogP contribution in [0.4, 0.5) is 16.2 Å². The molecule has 0 heterocycles. The van der Waals surface area contributed by atoms with Crippen molar-refractivity contribution in [2.75, 3.05) is 11.1 Å². The summed E-state index contributed by atoms with van der Waals surface area (Å²) in [5.74, 6) is 0. The second kappa shape index (κ2) is 6.35. The van der Waals surface area contributed by atoms with Gasteiger partial charge in [-0.05, 0) is 25.0 Å². The number of urea groups is 1. The van der Waals surface area contributed by atoms with Crippen LogP contribution in [-0.2, 0) is 0 Å². The van der Waals surface area contributed by atoms with Crippen molar-refractivity contribution in [1.82, 2.24) is 5.32 Å². The van der Waals surface area contributed by atoms with E-state index in [0.717, 1.165) is 25.7 Å². The molecule has 4 nitrogen and oxygen atoms in total. The van der Waals surface area contributed by atoms with Crippen molar-refractivity contribution in [2.45, 2.75) is 38.1 Å². The van der Waals surface area contributed by atoms with Crippen molar-refractivity contribution in [3.05, 3.63) is 22.2 Å². The van der Waals surface area contributed by atoms with E-state index < -0.39 is 0 Å². The fourth-order valence-corrected chi connectivity index (χ4v) is 2.89. The van der Waals surface area contributed by atoms with Gasteiger partial charge in [0.25, 0.3) is 0 Å². The highest BCUT2D eigenvalue weighted by atomic mass is 35.5. The molecule has 2 rings (SSSR count). The standard InChI is InChI=1S/C13H17Cl2N3O/c14-10-6-8(16)7-11(15)12(10)18-13(19)17-9-4-2-1-3-5-9/h6-7,9H,1-5,16H2,(H2,17,18,19). The number of benzene rings is 1. The summed E-state index contributed by atoms with van der Waals surface area (Å²) in [7, 11) is 0. The molecule has 0 bridgehead atoms. The van der Waals surface area contributed by atoms with E-state index in [1.807, 2.05) is 0 Å². The van der Waals surface area contributed by atoms with E-state index in [0.29, 0.717) is 21.4 Å². The SMILES string of the molecule is Nc1cc(Cl)c(NC(=O)NC2CCCCC2)c(Cl)c1. The molecule has 0 unspecified atom stereocenters. The van der Waals surface area contributed by atoms with Gasteiger partial charge in [-0.2, -0.15) is 0 Å². The predicted molar refractivity (Wildman–Crippen MR) is 79.9 cm³/mol. The lowest BCUT2D eigenvalue weighted by Crippen LogP contribution is -2.39. The molecule has 19 heavy (non-hydrogen) atoms. The van der Waals surface area contributed by atoms with Gasteiger partial charge in [0.2, 0.25) is 0 Å². The summed E-state index contributed by atoms with van der Waals surface area (Å²) in [5.41, 5.74) is 6.47. The third-order valence-corrected chi connectivity index (χ3v) is 3.84. The monoisotopic (exact) mass is 301 g/mol. The van der Waals surface area contributed by atoms with Crippen LogP contribution in [0.2, 0.25) is 10.0 Å². The number of hydrogen-bond donors (Lipinski definition) is 3. The summed E-state index contributed by atoms with van der Waals surface area (Å²) < 4.78 is 0. The minimum atomic E-state index is -0.277. The highest BCUT2D eigenvalue weighted by molar-refractivity contribution is 6.40. The zero-order valence-electron chi connectivity index (χ0n) is 10.5. The molecule has 4 N–H and O–H groups in total. The van der Waals surface area contributed by atoms with Gasteiger partial charge in [0.1, 0.15) is 0 Å². The highest BCUT2D eigenvalue weighted by Crippen LogP contribution is 2.32. The maximum atomic E-state index is 11.9. The van der Waals surface area contributed by atoms with Crippen molar-refractivity contribution in [3.8, 4) is 0 Å². The first-order chi connectivity index (χ1) is 9.06. The maximum absolute atomic E-state index is 11.9. The van der Waals surface area contributed by atoms with Crippen LogP contribution in [0.1, 0.15) is 32.1 Å². The average molecular weight is 302 g/mol. The van der Waals surface area contributed by atoms with Gasteiger partial charge in [-0.15, -0.1) is 0 Å². The van der Waals surface area contributed by atoms with Crippen LogP contribution in [0.5, 0.6) is 0 Å². The van der Waals surface area contributed by atoms with Crippen LogP contribution in [0.15, 0.2) is 12.1 Å². The Morgan fingerprint density at radius 2 is 1.74 bits per heavy atom. The number of amides is 2. The highest BCUT2D eigenvalue weighted by Gasteiger charge is 2.17. The molecule has 1 aromatic carbocycles. The Hall–Kier alpha value is -1.13. The Morgan fingerprint density at radius 1 is 1.16 bits per heavy atom. The molecule has 1 aliphatic rings. The van der Waals surface area contributed by atoms with Crippen molar-refractivity contribution < 1.29 is 4.79 Å². The summed E-state index contributed by atoms with van der Waals surface area (Å²) >= 11 is 12.0. The van der Waals surface area contributed by atoms with Crippen molar-refractivity contribution in [1.29, 1.82) is 0 Å². The van der Waals surface area contributed by atoms with Gasteiger partial charge in [-0.25, -0.2) is 4.79 Å². The van der Waals surface area contributed by atoms with E-state index in [2.05, 4.69) is 10.6 Å². The Bertz CT molecular complexity index is 450. The van der Waals surface area contributed by atoms with Crippen LogP contribution in [0.3, 0.4) is 0 Å². The summed E-state index contributed by atoms with van der Waals surface area (Å²) in [6.45, 7) is 0. The van der Waals surface area contributed by atoms with Crippen molar-refractivity contribution in [3.63, 3.8) is 0 Å². The largest absolute Gasteiger partial charge is 0.399 e. The summed E-state index contributed by atoms with van der Waals surface area (Å²) in [6.07, 6.45) is 5.62. The minimum absolute atomic E-state index is 0.236. The van der Waals surface area contributed by atoms with E-state index in [-0.39, 0.29) is 12.1 Å². The molecular weight excluding hydrogens is 285 g/mol.